The lowest BCUT2D eigenvalue weighted by atomic mass is 9.83. The van der Waals surface area contributed by atoms with Crippen LogP contribution in [-0.4, -0.2) is 0 Å². The summed E-state index contributed by atoms with van der Waals surface area (Å²) < 4.78 is 0. The Bertz CT molecular complexity index is 2960. The molecule has 0 saturated carbocycles. The highest BCUT2D eigenvalue weighted by molar-refractivity contribution is 6.14. The molecule has 3 aliphatic rings. The highest BCUT2D eigenvalue weighted by Gasteiger charge is 2.30. The fraction of sp³-hybridized carbons (Fsp3) is 0.0370. The summed E-state index contributed by atoms with van der Waals surface area (Å²) in [6.07, 6.45) is 6.93. The van der Waals surface area contributed by atoms with E-state index in [1.165, 1.54) is 82.8 Å². The second-order valence-corrected chi connectivity index (χ2v) is 14.8. The van der Waals surface area contributed by atoms with Gasteiger partial charge in [0.1, 0.15) is 0 Å². The Morgan fingerprint density at radius 3 is 1.96 bits per heavy atom. The third kappa shape index (κ3) is 5.03. The van der Waals surface area contributed by atoms with Crippen molar-refractivity contribution in [1.82, 2.24) is 0 Å². The molecule has 0 spiro atoms. The molecule has 55 heavy (non-hydrogen) atoms. The number of para-hydroxylation sites is 1. The van der Waals surface area contributed by atoms with Crippen LogP contribution in [-0.2, 0) is 0 Å². The second-order valence-electron chi connectivity index (χ2n) is 14.8. The summed E-state index contributed by atoms with van der Waals surface area (Å²) >= 11 is 0. The number of benzene rings is 7. The number of hydrogen-bond donors (Lipinski definition) is 0. The van der Waals surface area contributed by atoms with Crippen molar-refractivity contribution < 1.29 is 0 Å². The van der Waals surface area contributed by atoms with E-state index in [0.717, 1.165) is 22.6 Å². The van der Waals surface area contributed by atoms with E-state index in [-0.39, 0.29) is 5.92 Å². The lowest BCUT2D eigenvalue weighted by Crippen LogP contribution is -2.23. The maximum atomic E-state index is 3.54. The smallest absolute Gasteiger partial charge is 0.0467 e. The molecule has 1 heteroatoms. The van der Waals surface area contributed by atoms with Gasteiger partial charge in [-0.1, -0.05) is 159 Å². The van der Waals surface area contributed by atoms with Crippen LogP contribution in [0.2, 0.25) is 0 Å². The van der Waals surface area contributed by atoms with Gasteiger partial charge >= 0.3 is 0 Å². The molecule has 0 aliphatic heterocycles. The van der Waals surface area contributed by atoms with Gasteiger partial charge in [0.2, 0.25) is 0 Å². The second kappa shape index (κ2) is 12.5. The molecular formula is C54H35N. The highest BCUT2D eigenvalue weighted by atomic mass is 15.1. The average molecular weight is 698 g/mol. The van der Waals surface area contributed by atoms with Crippen molar-refractivity contribution in [3.8, 4) is 66.8 Å². The summed E-state index contributed by atoms with van der Waals surface area (Å²) in [6, 6.07) is 68.9. The minimum atomic E-state index is 0.276. The fourth-order valence-corrected chi connectivity index (χ4v) is 9.04. The van der Waals surface area contributed by atoms with Crippen LogP contribution in [0, 0.1) is 18.1 Å². The number of fused-ring (bicyclic) bond motifs is 5. The quantitative estimate of drug-likeness (QED) is 0.173. The van der Waals surface area contributed by atoms with Gasteiger partial charge in [-0.15, -0.1) is 0 Å². The first-order chi connectivity index (χ1) is 27.2. The van der Waals surface area contributed by atoms with Gasteiger partial charge in [-0.3, -0.25) is 0 Å². The van der Waals surface area contributed by atoms with E-state index in [9.17, 15) is 0 Å². The molecule has 3 aliphatic carbocycles. The Morgan fingerprint density at radius 2 is 1.11 bits per heavy atom. The fourth-order valence-electron chi connectivity index (χ4n) is 9.04. The first-order valence-electron chi connectivity index (χ1n) is 19.1. The van der Waals surface area contributed by atoms with Crippen LogP contribution in [0.15, 0.2) is 176 Å². The summed E-state index contributed by atoms with van der Waals surface area (Å²) in [5.74, 6) is 0.276. The molecule has 0 radical (unpaired) electrons. The van der Waals surface area contributed by atoms with Crippen LogP contribution in [0.4, 0.5) is 17.1 Å². The number of rotatable bonds is 5. The van der Waals surface area contributed by atoms with Crippen LogP contribution >= 0.6 is 0 Å². The molecule has 0 N–H and O–H groups in total. The average Bonchev–Trinajstić information content (AvgIpc) is 3.48. The molecule has 0 fully saturated rings. The summed E-state index contributed by atoms with van der Waals surface area (Å²) in [4.78, 5) is 2.36. The maximum Gasteiger partial charge on any atom is 0.0467 e. The lowest BCUT2D eigenvalue weighted by Gasteiger charge is -2.26. The molecule has 0 saturated heterocycles. The molecule has 1 nitrogen and oxygen atoms in total. The van der Waals surface area contributed by atoms with E-state index in [4.69, 9.17) is 0 Å². The number of anilines is 3. The van der Waals surface area contributed by atoms with Crippen molar-refractivity contribution in [1.29, 1.82) is 0 Å². The lowest BCUT2D eigenvalue weighted by molar-refractivity contribution is 1.02. The third-order valence-electron chi connectivity index (χ3n) is 11.6. The molecular weight excluding hydrogens is 663 g/mol. The summed E-state index contributed by atoms with van der Waals surface area (Å²) in [5.41, 5.74) is 20.7. The van der Waals surface area contributed by atoms with Crippen LogP contribution in [0.25, 0.3) is 84.5 Å². The standard InChI is InChI=1S/C54H35N/c1-35-32-38-13-6-5-12-36(38)26-30-44(35)40-14-9-17-43(33-40)55(41-15-3-2-4-16-41)42-28-24-37(25-29-42)39-27-31-46-49-21-11-22-50-51-23-10-20-48(54(51)52(46)34-39)45-18-7-8-19-47(45)53(49)50/h2-9,11-19,21-35H,1H3. The molecule has 8 aromatic rings. The molecule has 256 valence electrons. The van der Waals surface area contributed by atoms with Gasteiger partial charge in [0.15, 0.2) is 0 Å². The van der Waals surface area contributed by atoms with Gasteiger partial charge < -0.3 is 4.90 Å². The first kappa shape index (κ1) is 31.4. The zero-order valence-electron chi connectivity index (χ0n) is 30.4. The summed E-state index contributed by atoms with van der Waals surface area (Å²) in [6.45, 7) is 2.29. The van der Waals surface area contributed by atoms with Crippen molar-refractivity contribution in [3.05, 3.63) is 204 Å². The minimum absolute atomic E-state index is 0.276. The molecule has 1 unspecified atom stereocenters. The van der Waals surface area contributed by atoms with Gasteiger partial charge in [0.05, 0.1) is 0 Å². The van der Waals surface area contributed by atoms with Crippen molar-refractivity contribution in [3.63, 3.8) is 0 Å². The molecule has 6 bridgehead atoms. The van der Waals surface area contributed by atoms with E-state index in [0.29, 0.717) is 0 Å². The Balaban J connectivity index is 1.00. The monoisotopic (exact) mass is 697 g/mol. The van der Waals surface area contributed by atoms with E-state index in [2.05, 4.69) is 212 Å². The summed E-state index contributed by atoms with van der Waals surface area (Å²) in [7, 11) is 0. The van der Waals surface area contributed by atoms with Gasteiger partial charge in [-0.25, -0.2) is 0 Å². The molecule has 0 aromatic heterocycles. The molecule has 8 aromatic carbocycles. The molecule has 0 amide bonds. The van der Waals surface area contributed by atoms with Crippen molar-refractivity contribution >= 4 is 34.8 Å². The topological polar surface area (TPSA) is 3.24 Å². The number of allylic oxidation sites excluding steroid dienone is 2. The van der Waals surface area contributed by atoms with Gasteiger partial charge in [0, 0.05) is 34.1 Å². The summed E-state index contributed by atoms with van der Waals surface area (Å²) in [5, 5.41) is 2.54. The van der Waals surface area contributed by atoms with E-state index in [1.807, 2.05) is 0 Å². The van der Waals surface area contributed by atoms with Crippen LogP contribution in [0.1, 0.15) is 12.5 Å². The van der Waals surface area contributed by atoms with E-state index in [1.54, 1.807) is 0 Å². The van der Waals surface area contributed by atoms with Crippen molar-refractivity contribution in [2.45, 2.75) is 6.92 Å². The van der Waals surface area contributed by atoms with Gasteiger partial charge in [-0.05, 0) is 126 Å². The predicted octanol–water partition coefficient (Wildman–Crippen LogP) is 12.7. The Kier molecular flexibility index (Phi) is 7.12. The molecule has 1 atom stereocenters. The highest BCUT2D eigenvalue weighted by Crippen LogP contribution is 2.56. The van der Waals surface area contributed by atoms with Crippen molar-refractivity contribution in [2.24, 2.45) is 5.92 Å². The largest absolute Gasteiger partial charge is 0.310 e. The van der Waals surface area contributed by atoms with Gasteiger partial charge in [-0.2, -0.15) is 0 Å². The molecule has 0 heterocycles. The van der Waals surface area contributed by atoms with Crippen molar-refractivity contribution in [2.75, 3.05) is 4.90 Å². The normalized spacial score (nSPS) is 14.0. The SMILES string of the molecule is CC1C=c2ccccc2=CC=C1c1cccc(N(c2ccccc2)c2ccc(-c3ccc4c(c3)-c3c5c#ccc3-c3cccc-4c3-c3ccccc3-5)cc2)c1. The Labute approximate surface area is 322 Å². The van der Waals surface area contributed by atoms with E-state index < -0.39 is 0 Å². The molecule has 11 rings (SSSR count). The minimum Gasteiger partial charge on any atom is -0.310 e. The Hall–Kier alpha value is -7.14. The maximum absolute atomic E-state index is 3.54. The van der Waals surface area contributed by atoms with Crippen LogP contribution in [0.3, 0.4) is 0 Å². The number of hydrogen-bond acceptors (Lipinski definition) is 1. The zero-order chi connectivity index (χ0) is 36.5. The third-order valence-corrected chi connectivity index (χ3v) is 11.6. The Morgan fingerprint density at radius 1 is 0.436 bits per heavy atom. The van der Waals surface area contributed by atoms with Gasteiger partial charge in [0.25, 0.3) is 0 Å². The predicted molar refractivity (Wildman–Crippen MR) is 230 cm³/mol. The van der Waals surface area contributed by atoms with E-state index >= 15 is 0 Å². The zero-order valence-corrected chi connectivity index (χ0v) is 30.4. The number of nitrogens with zero attached hydrogens (tertiary/aromatic N) is 1. The van der Waals surface area contributed by atoms with Crippen LogP contribution in [0.5, 0.6) is 0 Å². The first-order valence-corrected chi connectivity index (χ1v) is 19.1. The van der Waals surface area contributed by atoms with Crippen LogP contribution < -0.4 is 15.3 Å².